The van der Waals surface area contributed by atoms with Crippen molar-refractivity contribution in [2.75, 3.05) is 80.5 Å². The number of fused-ring (bicyclic) bond motifs is 4. The molecule has 0 N–H and O–H groups in total. The Morgan fingerprint density at radius 2 is 0.830 bits per heavy atom. The first-order chi connectivity index (χ1) is 48.6. The summed E-state index contributed by atoms with van der Waals surface area (Å²) >= 11 is 30.6. The summed E-state index contributed by atoms with van der Waals surface area (Å²) in [5.41, 5.74) is 2.38. The van der Waals surface area contributed by atoms with Crippen LogP contribution in [0.25, 0.3) is 0 Å². The van der Waals surface area contributed by atoms with E-state index >= 15 is 0 Å². The van der Waals surface area contributed by atoms with Crippen molar-refractivity contribution in [3.05, 3.63) is 210 Å². The number of likely N-dealkylation sites (tertiary alicyclic amines) is 2. The number of amides is 4. The molecule has 2 saturated heterocycles. The van der Waals surface area contributed by atoms with Crippen LogP contribution in [-0.4, -0.2) is 174 Å². The Balaban J connectivity index is 0.000000288. The largest absolute Gasteiger partial charge is 0.444 e. The molecule has 4 amide bonds. The molecule has 580 valence electrons. The van der Waals surface area contributed by atoms with Crippen LogP contribution in [0, 0.1) is 0 Å². The zero-order chi connectivity index (χ0) is 76.6. The number of halogens is 11. The number of sulfone groups is 2. The number of ether oxygens (including phenoxy) is 1. The van der Waals surface area contributed by atoms with Gasteiger partial charge in [-0.3, -0.25) is 24.1 Å². The van der Waals surface area contributed by atoms with Crippen molar-refractivity contribution >= 4 is 134 Å². The molecule has 4 aliphatic heterocycles. The highest BCUT2D eigenvalue weighted by atomic mass is 35.5. The fourth-order valence-corrected chi connectivity index (χ4v) is 19.7. The van der Waals surface area contributed by atoms with Gasteiger partial charge in [-0.15, -0.1) is 0 Å². The van der Waals surface area contributed by atoms with Gasteiger partial charge in [0.05, 0.1) is 49.1 Å². The first-order valence-electron chi connectivity index (χ1n) is 33.6. The van der Waals surface area contributed by atoms with E-state index in [-0.39, 0.29) is 102 Å². The lowest BCUT2D eigenvalue weighted by atomic mass is 9.82. The van der Waals surface area contributed by atoms with Gasteiger partial charge in [-0.2, -0.15) is 53.3 Å². The number of nitrogens with zero attached hydrogens (tertiary/aromatic N) is 6. The Labute approximate surface area is 656 Å². The van der Waals surface area contributed by atoms with E-state index in [0.717, 1.165) is 43.2 Å². The molecule has 2 fully saturated rings. The summed E-state index contributed by atoms with van der Waals surface area (Å²) in [5, 5.41) is 0.534. The van der Waals surface area contributed by atoms with E-state index in [1.165, 1.54) is 37.0 Å². The third kappa shape index (κ3) is 21.6. The Morgan fingerprint density at radius 3 is 1.18 bits per heavy atom. The number of benzene rings is 6. The quantitative estimate of drug-likeness (QED) is 0.0522. The minimum atomic E-state index is -4.72. The van der Waals surface area contributed by atoms with E-state index in [1.807, 2.05) is 109 Å². The molecule has 106 heavy (non-hydrogen) atoms. The summed E-state index contributed by atoms with van der Waals surface area (Å²) in [5.74, 6) is -2.60. The molecule has 2 spiro atoms. The fraction of sp³-hybridized carbons (Fsp3) is 0.453. The van der Waals surface area contributed by atoms with Crippen LogP contribution in [0.15, 0.2) is 146 Å². The highest BCUT2D eigenvalue weighted by Crippen LogP contribution is 2.51. The third-order valence-electron chi connectivity index (χ3n) is 20.1. The number of carbonyl (C=O) groups is 5. The molecule has 6 aromatic rings. The van der Waals surface area contributed by atoms with Crippen LogP contribution in [0.4, 0.5) is 31.1 Å². The zero-order valence-corrected chi connectivity index (χ0v) is 67.2. The molecule has 0 aliphatic carbocycles. The smallest absolute Gasteiger partial charge is 0.410 e. The fourth-order valence-electron chi connectivity index (χ4n) is 14.4. The molecule has 10 rings (SSSR count). The molecule has 0 aromatic heterocycles. The van der Waals surface area contributed by atoms with Crippen LogP contribution in [0.2, 0.25) is 20.1 Å². The van der Waals surface area contributed by atoms with E-state index < -0.39 is 88.9 Å². The summed E-state index contributed by atoms with van der Waals surface area (Å²) in [6, 6.07) is 42.9. The lowest BCUT2D eigenvalue weighted by molar-refractivity contribution is -0.163. The Kier molecular flexibility index (Phi) is 30.6. The maximum Gasteiger partial charge on any atom is 0.410 e. The van der Waals surface area contributed by atoms with Gasteiger partial charge < -0.3 is 29.2 Å². The van der Waals surface area contributed by atoms with Gasteiger partial charge in [-0.1, -0.05) is 168 Å². The molecule has 2 atom stereocenters. The summed E-state index contributed by atoms with van der Waals surface area (Å²) in [4.78, 5) is 72.6. The molecule has 31 heteroatoms. The predicted molar refractivity (Wildman–Crippen MR) is 414 cm³/mol. The van der Waals surface area contributed by atoms with E-state index in [1.54, 1.807) is 58.2 Å². The maximum absolute atomic E-state index is 14.0. The molecule has 0 bridgehead atoms. The lowest BCUT2D eigenvalue weighted by Crippen LogP contribution is -2.57. The molecular weight excluding hydrogens is 1560 g/mol. The van der Waals surface area contributed by atoms with Gasteiger partial charge in [0.25, 0.3) is 0 Å². The van der Waals surface area contributed by atoms with Crippen molar-refractivity contribution in [3.8, 4) is 0 Å². The van der Waals surface area contributed by atoms with E-state index in [0.29, 0.717) is 82.5 Å². The van der Waals surface area contributed by atoms with Crippen molar-refractivity contribution in [1.82, 2.24) is 29.4 Å². The summed E-state index contributed by atoms with van der Waals surface area (Å²) in [6.45, 7) is 6.98. The van der Waals surface area contributed by atoms with Gasteiger partial charge in [0, 0.05) is 60.8 Å². The van der Waals surface area contributed by atoms with E-state index in [2.05, 4.69) is 9.80 Å². The molecule has 0 radical (unpaired) electrons. The average molecular weight is 1650 g/mol. The number of hydrogen-bond acceptors (Lipinski definition) is 12. The van der Waals surface area contributed by atoms with Crippen LogP contribution in [0.1, 0.15) is 117 Å². The van der Waals surface area contributed by atoms with E-state index in [4.69, 9.17) is 62.7 Å². The third-order valence-corrected chi connectivity index (χ3v) is 26.7. The monoisotopic (exact) mass is 1650 g/mol. The number of piperidine rings is 2. The van der Waals surface area contributed by atoms with Crippen molar-refractivity contribution in [2.24, 2.45) is 0 Å². The average Bonchev–Trinajstić information content (AvgIpc) is 1.56. The van der Waals surface area contributed by atoms with Crippen LogP contribution in [0.5, 0.6) is 0 Å². The normalized spacial score (nSPS) is 17.3. The second-order valence-electron chi connectivity index (χ2n) is 28.1. The lowest BCUT2D eigenvalue weighted by Gasteiger charge is -2.47. The Hall–Kier alpha value is -5.78. The second-order valence-corrected chi connectivity index (χ2v) is 34.7. The van der Waals surface area contributed by atoms with Crippen molar-refractivity contribution in [3.63, 3.8) is 0 Å². The van der Waals surface area contributed by atoms with Crippen molar-refractivity contribution < 1.29 is 71.9 Å². The highest BCUT2D eigenvalue weighted by molar-refractivity contribution is 7.92. The van der Waals surface area contributed by atoms with E-state index in [9.17, 15) is 67.2 Å². The number of alkyl halides is 6. The van der Waals surface area contributed by atoms with Crippen LogP contribution >= 0.6 is 85.0 Å². The molecule has 0 unspecified atom stereocenters. The number of likely N-dealkylation sites (N-methyl/N-ethyl adjacent to an activating group) is 4. The zero-order valence-electron chi connectivity index (χ0n) is 59.7. The van der Waals surface area contributed by atoms with Crippen molar-refractivity contribution in [1.29, 1.82) is 0 Å². The Morgan fingerprint density at radius 1 is 0.481 bits per heavy atom. The highest BCUT2D eigenvalue weighted by Gasteiger charge is 2.55. The van der Waals surface area contributed by atoms with Crippen molar-refractivity contribution in [2.45, 2.75) is 135 Å². The topological polar surface area (TPSA) is 182 Å². The summed E-state index contributed by atoms with van der Waals surface area (Å²) in [7, 11) is -1.24. The van der Waals surface area contributed by atoms with Gasteiger partial charge in [-0.05, 0) is 166 Å². The molecular formula is C75H89Cl5F6N6O10S4. The molecule has 6 aromatic carbocycles. The van der Waals surface area contributed by atoms with Gasteiger partial charge in [-0.25, -0.2) is 21.6 Å². The minimum absolute atomic E-state index is 0. The molecule has 0 saturated carbocycles. The number of hydrogen-bond donors (Lipinski definition) is 0. The van der Waals surface area contributed by atoms with Crippen LogP contribution in [-0.2, 0) is 88.5 Å². The summed E-state index contributed by atoms with van der Waals surface area (Å²) in [6.07, 6.45) is -11.3. The second kappa shape index (κ2) is 36.4. The molecule has 16 nitrogen and oxygen atoms in total. The predicted octanol–water partition coefficient (Wildman–Crippen LogP) is 15.6. The first kappa shape index (κ1) is 89.1. The molecule has 4 heterocycles. The van der Waals surface area contributed by atoms with Gasteiger partial charge >= 0.3 is 18.4 Å². The standard InChI is InChI=1S/C35H38Cl2F3N3O4S.C32H40Cl2F3N3O5S.C8H7ClO.2H2S/c1-41(32(45)22-35(38,39)40)24-33(27-12-13-29(36)30(37)21-27,42(2)31(44)20-25-8-4-3-5-9-25)14-17-43-18-15-34(16-19-43)28-11-7-6-10-26(28)23-48(34,46)47;1-29(2,3)45-28(42)39(5)30(23-10-11-25(33)26(34)18-23,21-38(4)27(41)19-32(35,36)37)12-15-40-16-13-31(14-17-40)24-9-7-6-8-22(24)20-46(31,43)44;9-8(10)6-7-4-2-1-3-5-7;;/h3-13,21H,14-20,22-24H2,1-2H3;6-11,18H,12-17,19-21H2,1-5H3;1-5H,6H2;2*1H2/t33-;30-;;;/m11.../s1. The SMILES string of the molecule is CN(C[C@](CCN1CCC2(CC1)c1ccccc1CS2(=O)=O)(c1ccc(Cl)c(Cl)c1)N(C)C(=O)Cc1ccccc1)C(=O)CC(F)(F)F.CN(C[C@](CCN1CCC2(CC1)c1ccccc1CS2(=O)=O)(c1ccc(Cl)c(Cl)c1)N(C)C(=O)OC(C)(C)C)C(=O)CC(F)(F)F.O=C(Cl)Cc1ccccc1.S.S. The Bertz CT molecular complexity index is 4310. The molecule has 4 aliphatic rings. The number of rotatable bonds is 20. The van der Waals surface area contributed by atoms with Gasteiger partial charge in [0.1, 0.15) is 27.9 Å². The van der Waals surface area contributed by atoms with Crippen LogP contribution in [0.3, 0.4) is 0 Å². The van der Waals surface area contributed by atoms with Gasteiger partial charge in [0.15, 0.2) is 19.7 Å². The minimum Gasteiger partial charge on any atom is -0.444 e. The maximum atomic E-state index is 14.0. The first-order valence-corrected chi connectivity index (χ1v) is 38.8. The van der Waals surface area contributed by atoms with Gasteiger partial charge in [0.2, 0.25) is 23.0 Å². The summed E-state index contributed by atoms with van der Waals surface area (Å²) < 4.78 is 137. The number of carbonyl (C=O) groups excluding carboxylic acids is 5. The van der Waals surface area contributed by atoms with Crippen LogP contribution < -0.4 is 0 Å².